The van der Waals surface area contributed by atoms with Crippen LogP contribution in [0.4, 0.5) is 10.2 Å². The molecule has 3 N–H and O–H groups in total. The third kappa shape index (κ3) is 3.77. The van der Waals surface area contributed by atoms with E-state index in [1.54, 1.807) is 0 Å². The molecule has 2 aromatic rings. The SMILES string of the molecule is Cn1c(=O)cc(N2CCC[C@@H](N)C2)n(Cc2ccc(F)cc2C(=O)O)c1=O. The van der Waals surface area contributed by atoms with E-state index in [1.807, 2.05) is 4.90 Å². The third-order valence-corrected chi connectivity index (χ3v) is 4.79. The van der Waals surface area contributed by atoms with Gasteiger partial charge in [0.2, 0.25) is 0 Å². The fourth-order valence-corrected chi connectivity index (χ4v) is 3.34. The predicted octanol–water partition coefficient (Wildman–Crippen LogP) is 0.360. The first kappa shape index (κ1) is 18.8. The number of hydrogen-bond acceptors (Lipinski definition) is 5. The molecule has 1 aliphatic rings. The molecule has 1 aromatic carbocycles. The van der Waals surface area contributed by atoms with Gasteiger partial charge in [0.1, 0.15) is 11.6 Å². The highest BCUT2D eigenvalue weighted by Gasteiger charge is 2.22. The molecule has 0 radical (unpaired) electrons. The first-order valence-corrected chi connectivity index (χ1v) is 8.61. The van der Waals surface area contributed by atoms with Crippen molar-refractivity contribution in [1.29, 1.82) is 0 Å². The molecule has 0 unspecified atom stereocenters. The lowest BCUT2D eigenvalue weighted by Gasteiger charge is -2.34. The summed E-state index contributed by atoms with van der Waals surface area (Å²) in [6.45, 7) is 1.02. The molecule has 8 nitrogen and oxygen atoms in total. The second-order valence-electron chi connectivity index (χ2n) is 6.72. The molecule has 0 spiro atoms. The predicted molar refractivity (Wildman–Crippen MR) is 97.8 cm³/mol. The van der Waals surface area contributed by atoms with Crippen molar-refractivity contribution in [2.24, 2.45) is 12.8 Å². The molecule has 1 aromatic heterocycles. The van der Waals surface area contributed by atoms with E-state index in [4.69, 9.17) is 5.73 Å². The Hall–Kier alpha value is -2.94. The summed E-state index contributed by atoms with van der Waals surface area (Å²) in [5.74, 6) is -1.57. The van der Waals surface area contributed by atoms with Crippen molar-refractivity contribution in [3.63, 3.8) is 0 Å². The number of benzene rings is 1. The number of aromatic carboxylic acids is 1. The first-order chi connectivity index (χ1) is 12.8. The molecule has 0 aliphatic carbocycles. The number of aromatic nitrogens is 2. The van der Waals surface area contributed by atoms with Gasteiger partial charge in [-0.1, -0.05) is 6.07 Å². The van der Waals surface area contributed by atoms with Gasteiger partial charge in [-0.25, -0.2) is 14.0 Å². The van der Waals surface area contributed by atoms with E-state index < -0.39 is 23.0 Å². The van der Waals surface area contributed by atoms with Crippen LogP contribution in [-0.4, -0.2) is 39.3 Å². The number of carboxylic acids is 1. The maximum absolute atomic E-state index is 13.5. The maximum atomic E-state index is 13.5. The van der Waals surface area contributed by atoms with Gasteiger partial charge in [0, 0.05) is 32.2 Å². The number of anilines is 1. The molecule has 1 atom stereocenters. The van der Waals surface area contributed by atoms with Crippen molar-refractivity contribution in [1.82, 2.24) is 9.13 Å². The van der Waals surface area contributed by atoms with Crippen LogP contribution in [0.3, 0.4) is 0 Å². The third-order valence-electron chi connectivity index (χ3n) is 4.79. The number of halogens is 1. The fourth-order valence-electron chi connectivity index (χ4n) is 3.34. The minimum absolute atomic E-state index is 0.0771. The lowest BCUT2D eigenvalue weighted by atomic mass is 10.1. The number of nitrogens with two attached hydrogens (primary N) is 1. The van der Waals surface area contributed by atoms with Crippen LogP contribution in [0.15, 0.2) is 33.9 Å². The molecule has 2 heterocycles. The number of piperidine rings is 1. The second-order valence-corrected chi connectivity index (χ2v) is 6.72. The minimum Gasteiger partial charge on any atom is -0.478 e. The minimum atomic E-state index is -1.29. The van der Waals surface area contributed by atoms with Crippen LogP contribution in [-0.2, 0) is 13.6 Å². The second kappa shape index (κ2) is 7.36. The summed E-state index contributed by atoms with van der Waals surface area (Å²) in [6, 6.07) is 4.67. The quantitative estimate of drug-likeness (QED) is 0.797. The summed E-state index contributed by atoms with van der Waals surface area (Å²) >= 11 is 0. The molecule has 3 rings (SSSR count). The Bertz CT molecular complexity index is 998. The molecule has 9 heteroatoms. The van der Waals surface area contributed by atoms with Gasteiger partial charge >= 0.3 is 11.7 Å². The highest BCUT2D eigenvalue weighted by Crippen LogP contribution is 2.20. The Kier molecular flexibility index (Phi) is 5.13. The summed E-state index contributed by atoms with van der Waals surface area (Å²) in [5.41, 5.74) is 5.04. The fraction of sp³-hybridized carbons (Fsp3) is 0.389. The topological polar surface area (TPSA) is 111 Å². The van der Waals surface area contributed by atoms with Crippen LogP contribution in [0.2, 0.25) is 0 Å². The van der Waals surface area contributed by atoms with Crippen LogP contribution < -0.4 is 21.9 Å². The average Bonchev–Trinajstić information content (AvgIpc) is 2.63. The molecule has 144 valence electrons. The van der Waals surface area contributed by atoms with Gasteiger partial charge in [-0.15, -0.1) is 0 Å². The molecule has 0 bridgehead atoms. The van der Waals surface area contributed by atoms with Gasteiger partial charge in [-0.05, 0) is 30.5 Å². The largest absolute Gasteiger partial charge is 0.478 e. The first-order valence-electron chi connectivity index (χ1n) is 8.61. The molecule has 0 saturated carbocycles. The van der Waals surface area contributed by atoms with Crippen molar-refractivity contribution in [2.75, 3.05) is 18.0 Å². The van der Waals surface area contributed by atoms with E-state index in [2.05, 4.69) is 0 Å². The van der Waals surface area contributed by atoms with Crippen LogP contribution in [0.1, 0.15) is 28.8 Å². The van der Waals surface area contributed by atoms with Crippen molar-refractivity contribution >= 4 is 11.8 Å². The molecule has 27 heavy (non-hydrogen) atoms. The Morgan fingerprint density at radius 3 is 2.74 bits per heavy atom. The zero-order valence-corrected chi connectivity index (χ0v) is 14.9. The monoisotopic (exact) mass is 376 g/mol. The lowest BCUT2D eigenvalue weighted by Crippen LogP contribution is -2.47. The summed E-state index contributed by atoms with van der Waals surface area (Å²) in [7, 11) is 1.36. The average molecular weight is 376 g/mol. The van der Waals surface area contributed by atoms with Gasteiger partial charge in [-0.3, -0.25) is 13.9 Å². The van der Waals surface area contributed by atoms with Crippen molar-refractivity contribution in [3.05, 3.63) is 62.0 Å². The zero-order chi connectivity index (χ0) is 19.7. The van der Waals surface area contributed by atoms with Crippen molar-refractivity contribution in [2.45, 2.75) is 25.4 Å². The Labute approximate surface area is 154 Å². The lowest BCUT2D eigenvalue weighted by molar-refractivity contribution is 0.0695. The van der Waals surface area contributed by atoms with Crippen LogP contribution >= 0.6 is 0 Å². The van der Waals surface area contributed by atoms with E-state index in [0.717, 1.165) is 29.5 Å². The van der Waals surface area contributed by atoms with Crippen molar-refractivity contribution < 1.29 is 14.3 Å². The van der Waals surface area contributed by atoms with E-state index in [9.17, 15) is 23.9 Å². The summed E-state index contributed by atoms with van der Waals surface area (Å²) < 4.78 is 15.7. The highest BCUT2D eigenvalue weighted by atomic mass is 19.1. The standard InChI is InChI=1S/C18H21FN4O4/c1-21-16(24)8-15(22-6-2-3-13(20)10-22)23(18(21)27)9-11-4-5-12(19)7-14(11)17(25)26/h4-5,7-8,13H,2-3,6,9-10,20H2,1H3,(H,25,26)/t13-/m1/s1. The summed E-state index contributed by atoms with van der Waals surface area (Å²) in [4.78, 5) is 38.2. The summed E-state index contributed by atoms with van der Waals surface area (Å²) in [5, 5.41) is 9.35. The van der Waals surface area contributed by atoms with Gasteiger partial charge in [0.05, 0.1) is 12.1 Å². The van der Waals surface area contributed by atoms with Gasteiger partial charge in [-0.2, -0.15) is 0 Å². The number of carboxylic acid groups (broad SMARTS) is 1. The van der Waals surface area contributed by atoms with E-state index in [1.165, 1.54) is 23.7 Å². The van der Waals surface area contributed by atoms with Gasteiger partial charge in [0.15, 0.2) is 0 Å². The number of carbonyl (C=O) groups is 1. The number of nitrogens with zero attached hydrogens (tertiary/aromatic N) is 3. The Morgan fingerprint density at radius 1 is 1.33 bits per heavy atom. The molecule has 0 amide bonds. The normalized spacial score (nSPS) is 17.1. The van der Waals surface area contributed by atoms with E-state index in [0.29, 0.717) is 18.9 Å². The number of rotatable bonds is 4. The maximum Gasteiger partial charge on any atom is 0.336 e. The van der Waals surface area contributed by atoms with Crippen LogP contribution in [0.5, 0.6) is 0 Å². The van der Waals surface area contributed by atoms with Gasteiger partial charge < -0.3 is 15.7 Å². The summed E-state index contributed by atoms with van der Waals surface area (Å²) in [6.07, 6.45) is 1.67. The zero-order valence-electron chi connectivity index (χ0n) is 14.9. The van der Waals surface area contributed by atoms with E-state index >= 15 is 0 Å². The molecule has 1 saturated heterocycles. The molecule has 1 aliphatic heterocycles. The van der Waals surface area contributed by atoms with E-state index in [-0.39, 0.29) is 23.7 Å². The highest BCUT2D eigenvalue weighted by molar-refractivity contribution is 5.89. The van der Waals surface area contributed by atoms with Crippen molar-refractivity contribution in [3.8, 4) is 0 Å². The smallest absolute Gasteiger partial charge is 0.336 e. The van der Waals surface area contributed by atoms with Crippen LogP contribution in [0, 0.1) is 5.82 Å². The Balaban J connectivity index is 2.13. The number of hydrogen-bond donors (Lipinski definition) is 2. The van der Waals surface area contributed by atoms with Crippen LogP contribution in [0.25, 0.3) is 0 Å². The molecular weight excluding hydrogens is 355 g/mol. The van der Waals surface area contributed by atoms with Gasteiger partial charge in [0.25, 0.3) is 5.56 Å². The molecular formula is C18H21FN4O4. The molecule has 1 fully saturated rings. The Morgan fingerprint density at radius 2 is 2.07 bits per heavy atom.